The molecule has 0 atom stereocenters. The van der Waals surface area contributed by atoms with Crippen LogP contribution in [0.15, 0.2) is 11.0 Å². The Labute approximate surface area is 59.1 Å². The van der Waals surface area contributed by atoms with E-state index in [1.54, 1.807) is 22.8 Å². The maximum atomic E-state index is 11.0. The predicted octanol–water partition coefficient (Wildman–Crippen LogP) is -0.221. The van der Waals surface area contributed by atoms with Crippen LogP contribution in [0.5, 0.6) is 0 Å². The molecule has 4 nitrogen and oxygen atoms in total. The Balaban J connectivity index is 3.16. The zero-order valence-corrected chi connectivity index (χ0v) is 6.38. The van der Waals surface area contributed by atoms with E-state index in [1.165, 1.54) is 0 Å². The number of anilines is 1. The highest BCUT2D eigenvalue weighted by Crippen LogP contribution is 1.99. The van der Waals surface area contributed by atoms with Crippen molar-refractivity contribution in [3.63, 3.8) is 0 Å². The molecule has 0 spiro atoms. The zero-order valence-electron chi connectivity index (χ0n) is 6.38. The summed E-state index contributed by atoms with van der Waals surface area (Å²) in [5, 5.41) is 2.61. The maximum Gasteiger partial charge on any atom is 0.287 e. The highest BCUT2D eigenvalue weighted by molar-refractivity contribution is 5.39. The normalized spacial score (nSPS) is 9.90. The van der Waals surface area contributed by atoms with Gasteiger partial charge in [0.15, 0.2) is 0 Å². The largest absolute Gasteiger partial charge is 0.372 e. The second-order valence-corrected chi connectivity index (χ2v) is 2.46. The van der Waals surface area contributed by atoms with E-state index in [-0.39, 0.29) is 5.56 Å². The predicted molar refractivity (Wildman–Crippen MR) is 40.4 cm³/mol. The molecule has 1 N–H and O–H groups in total. The molecular weight excluding hydrogens is 130 g/mol. The topological polar surface area (TPSA) is 41.0 Å². The first-order valence-corrected chi connectivity index (χ1v) is 3.04. The van der Waals surface area contributed by atoms with Gasteiger partial charge in [0.25, 0.3) is 5.56 Å². The Bertz CT molecular complexity index is 271. The smallest absolute Gasteiger partial charge is 0.287 e. The quantitative estimate of drug-likeness (QED) is 0.587. The summed E-state index contributed by atoms with van der Waals surface area (Å²) in [6.45, 7) is 0. The van der Waals surface area contributed by atoms with E-state index in [2.05, 4.69) is 5.10 Å². The van der Waals surface area contributed by atoms with E-state index in [1.807, 2.05) is 14.1 Å². The molecule has 0 unspecified atom stereocenters. The lowest BCUT2D eigenvalue weighted by atomic mass is 10.5. The Kier molecular flexibility index (Phi) is 1.53. The summed E-state index contributed by atoms with van der Waals surface area (Å²) >= 11 is 0. The van der Waals surface area contributed by atoms with Crippen LogP contribution >= 0.6 is 0 Å². The number of hydrogen-bond acceptors (Lipinski definition) is 2. The van der Waals surface area contributed by atoms with E-state index in [9.17, 15) is 4.79 Å². The summed E-state index contributed by atoms with van der Waals surface area (Å²) in [4.78, 5) is 12.7. The van der Waals surface area contributed by atoms with Crippen molar-refractivity contribution in [2.45, 2.75) is 0 Å². The molecule has 0 aromatic carbocycles. The molecule has 0 aliphatic heterocycles. The number of nitrogens with zero attached hydrogens (tertiary/aromatic N) is 2. The third kappa shape index (κ3) is 1.05. The fraction of sp³-hybridized carbons (Fsp3) is 0.500. The number of hydrogen-bond donors (Lipinski definition) is 1. The minimum absolute atomic E-state index is 0.0486. The number of rotatable bonds is 1. The van der Waals surface area contributed by atoms with E-state index in [4.69, 9.17) is 0 Å². The lowest BCUT2D eigenvalue weighted by Gasteiger charge is -2.05. The van der Waals surface area contributed by atoms with E-state index in [0.29, 0.717) is 5.69 Å². The zero-order chi connectivity index (χ0) is 7.72. The van der Waals surface area contributed by atoms with Crippen molar-refractivity contribution in [2.24, 2.45) is 7.05 Å². The van der Waals surface area contributed by atoms with Gasteiger partial charge in [-0.15, -0.1) is 0 Å². The molecule has 0 amide bonds. The highest BCUT2D eigenvalue weighted by Gasteiger charge is 2.01. The van der Waals surface area contributed by atoms with Gasteiger partial charge >= 0.3 is 0 Å². The van der Waals surface area contributed by atoms with Crippen LogP contribution in [0.2, 0.25) is 0 Å². The lowest BCUT2D eigenvalue weighted by Crippen LogP contribution is -2.16. The van der Waals surface area contributed by atoms with Gasteiger partial charge in [0.1, 0.15) is 5.69 Å². The Morgan fingerprint density at radius 3 is 2.40 bits per heavy atom. The minimum Gasteiger partial charge on any atom is -0.372 e. The van der Waals surface area contributed by atoms with Crippen LogP contribution in [0.25, 0.3) is 0 Å². The van der Waals surface area contributed by atoms with Crippen LogP contribution < -0.4 is 10.5 Å². The molecule has 4 heteroatoms. The molecule has 1 rings (SSSR count). The number of H-pyrrole nitrogens is 1. The average molecular weight is 141 g/mol. The SMILES string of the molecule is CN(C)c1cn(C)[nH]c1=O. The molecule has 0 aliphatic carbocycles. The third-order valence-electron chi connectivity index (χ3n) is 1.31. The van der Waals surface area contributed by atoms with Gasteiger partial charge in [0.2, 0.25) is 0 Å². The monoisotopic (exact) mass is 141 g/mol. The Hall–Kier alpha value is -1.19. The average Bonchev–Trinajstić information content (AvgIpc) is 2.10. The molecule has 0 aliphatic rings. The number of aromatic amines is 1. The molecule has 0 fully saturated rings. The van der Waals surface area contributed by atoms with Crippen LogP contribution in [-0.4, -0.2) is 23.9 Å². The molecule has 10 heavy (non-hydrogen) atoms. The third-order valence-corrected chi connectivity index (χ3v) is 1.31. The highest BCUT2D eigenvalue weighted by atomic mass is 16.1. The van der Waals surface area contributed by atoms with Crippen LogP contribution in [0.4, 0.5) is 5.69 Å². The molecule has 1 aromatic rings. The molecular formula is C6H11N3O. The lowest BCUT2D eigenvalue weighted by molar-refractivity contribution is 0.756. The van der Waals surface area contributed by atoms with Crippen molar-refractivity contribution >= 4 is 5.69 Å². The summed E-state index contributed by atoms with van der Waals surface area (Å²) in [5.41, 5.74) is 0.634. The Morgan fingerprint density at radius 2 is 2.20 bits per heavy atom. The van der Waals surface area contributed by atoms with Gasteiger partial charge in [-0.2, -0.15) is 0 Å². The fourth-order valence-corrected chi connectivity index (χ4v) is 0.810. The van der Waals surface area contributed by atoms with Crippen LogP contribution in [0.1, 0.15) is 0 Å². The molecule has 1 heterocycles. The van der Waals surface area contributed by atoms with Gasteiger partial charge in [-0.25, -0.2) is 0 Å². The second-order valence-electron chi connectivity index (χ2n) is 2.46. The van der Waals surface area contributed by atoms with Crippen LogP contribution in [-0.2, 0) is 7.05 Å². The number of aryl methyl sites for hydroxylation is 1. The van der Waals surface area contributed by atoms with Gasteiger partial charge in [0, 0.05) is 27.3 Å². The van der Waals surface area contributed by atoms with Crippen molar-refractivity contribution in [1.82, 2.24) is 9.78 Å². The second kappa shape index (κ2) is 2.21. The molecule has 0 saturated carbocycles. The molecule has 0 radical (unpaired) electrons. The fourth-order valence-electron chi connectivity index (χ4n) is 0.810. The minimum atomic E-state index is -0.0486. The van der Waals surface area contributed by atoms with Crippen molar-refractivity contribution < 1.29 is 0 Å². The van der Waals surface area contributed by atoms with E-state index < -0.39 is 0 Å². The number of aromatic nitrogens is 2. The summed E-state index contributed by atoms with van der Waals surface area (Å²) < 4.78 is 1.64. The number of nitrogens with one attached hydrogen (secondary N) is 1. The summed E-state index contributed by atoms with van der Waals surface area (Å²) in [5.74, 6) is 0. The van der Waals surface area contributed by atoms with Crippen molar-refractivity contribution in [2.75, 3.05) is 19.0 Å². The summed E-state index contributed by atoms with van der Waals surface area (Å²) in [6, 6.07) is 0. The molecule has 1 aromatic heterocycles. The van der Waals surface area contributed by atoms with Crippen LogP contribution in [0.3, 0.4) is 0 Å². The van der Waals surface area contributed by atoms with Crippen molar-refractivity contribution in [3.05, 3.63) is 16.6 Å². The molecule has 56 valence electrons. The van der Waals surface area contributed by atoms with E-state index >= 15 is 0 Å². The Morgan fingerprint density at radius 1 is 1.60 bits per heavy atom. The van der Waals surface area contributed by atoms with Gasteiger partial charge in [-0.05, 0) is 0 Å². The maximum absolute atomic E-state index is 11.0. The standard InChI is InChI=1S/C6H11N3O/c1-8(2)5-4-9(3)7-6(5)10/h4H,1-3H3,(H,7,10). The van der Waals surface area contributed by atoms with Gasteiger partial charge in [-0.1, -0.05) is 0 Å². The van der Waals surface area contributed by atoms with Gasteiger partial charge in [-0.3, -0.25) is 14.6 Å². The van der Waals surface area contributed by atoms with Crippen LogP contribution in [0, 0.1) is 0 Å². The molecule has 0 saturated heterocycles. The van der Waals surface area contributed by atoms with Crippen molar-refractivity contribution in [3.8, 4) is 0 Å². The van der Waals surface area contributed by atoms with E-state index in [0.717, 1.165) is 0 Å². The summed E-state index contributed by atoms with van der Waals surface area (Å²) in [6.07, 6.45) is 1.75. The first kappa shape index (κ1) is 6.92. The van der Waals surface area contributed by atoms with Gasteiger partial charge < -0.3 is 4.90 Å². The van der Waals surface area contributed by atoms with Crippen molar-refractivity contribution in [1.29, 1.82) is 0 Å². The first-order valence-electron chi connectivity index (χ1n) is 3.04. The molecule has 0 bridgehead atoms. The van der Waals surface area contributed by atoms with Gasteiger partial charge in [0.05, 0.1) is 0 Å². The summed E-state index contributed by atoms with van der Waals surface area (Å²) in [7, 11) is 5.46. The first-order chi connectivity index (χ1) is 4.61.